The molecule has 1 aromatic rings. The highest BCUT2D eigenvalue weighted by Gasteiger charge is 2.55. The van der Waals surface area contributed by atoms with Crippen molar-refractivity contribution in [3.05, 3.63) is 12.0 Å². The summed E-state index contributed by atoms with van der Waals surface area (Å²) in [4.78, 5) is 19.3. The van der Waals surface area contributed by atoms with Gasteiger partial charge in [0.15, 0.2) is 17.1 Å². The third kappa shape index (κ3) is 2.86. The minimum absolute atomic E-state index is 0.0622. The summed E-state index contributed by atoms with van der Waals surface area (Å²) in [7, 11) is 3.19. The van der Waals surface area contributed by atoms with Gasteiger partial charge in [-0.15, -0.1) is 0 Å². The Morgan fingerprint density at radius 3 is 2.72 bits per heavy atom. The monoisotopic (exact) mass is 362 g/mol. The van der Waals surface area contributed by atoms with Crippen LogP contribution in [-0.4, -0.2) is 62.3 Å². The number of aromatic nitrogens is 2. The van der Waals surface area contributed by atoms with Gasteiger partial charge in [-0.05, 0) is 31.6 Å². The Morgan fingerprint density at radius 1 is 1.40 bits per heavy atom. The number of hydrogen-bond acceptors (Lipinski definition) is 5. The standard InChI is InChI=1S/C15H21F3N4O3/c1-20-8-19-11-10(20)12(23)22(13(24)21(11)2)7-9-4-3-5-14(25,6-9)15(16,17)18/h8-9,13,24-25H,3-7H2,1-2H3/t9-,13?,14?/m1/s1. The lowest BCUT2D eigenvalue weighted by Gasteiger charge is -2.43. The molecule has 2 N–H and O–H groups in total. The van der Waals surface area contributed by atoms with E-state index < -0.39 is 36.4 Å². The molecule has 140 valence electrons. The van der Waals surface area contributed by atoms with Crippen LogP contribution in [0.4, 0.5) is 19.0 Å². The SMILES string of the molecule is CN1c2ncn(C)c2C(=O)N(C[C@@H]2CCCC(O)(C(F)(F)F)C2)C1O. The van der Waals surface area contributed by atoms with Gasteiger partial charge in [0.1, 0.15) is 0 Å². The second-order valence-electron chi connectivity index (χ2n) is 6.93. The van der Waals surface area contributed by atoms with Gasteiger partial charge in [-0.1, -0.05) is 0 Å². The number of hydrogen-bond donors (Lipinski definition) is 2. The largest absolute Gasteiger partial charge is 0.417 e. The highest BCUT2D eigenvalue weighted by molar-refractivity contribution is 5.99. The van der Waals surface area contributed by atoms with Crippen molar-refractivity contribution >= 4 is 11.7 Å². The molecule has 0 bridgehead atoms. The number of imidazole rings is 1. The number of fused-ring (bicyclic) bond motifs is 1. The van der Waals surface area contributed by atoms with E-state index in [0.29, 0.717) is 12.2 Å². The molecule has 1 amide bonds. The first-order valence-corrected chi connectivity index (χ1v) is 8.07. The van der Waals surface area contributed by atoms with Crippen molar-refractivity contribution in [1.29, 1.82) is 0 Å². The van der Waals surface area contributed by atoms with Crippen molar-refractivity contribution in [2.75, 3.05) is 18.5 Å². The third-order valence-electron chi connectivity index (χ3n) is 5.15. The van der Waals surface area contributed by atoms with Crippen LogP contribution in [0, 0.1) is 5.92 Å². The van der Waals surface area contributed by atoms with Crippen molar-refractivity contribution in [2.45, 2.75) is 43.8 Å². The summed E-state index contributed by atoms with van der Waals surface area (Å²) in [5, 5.41) is 20.3. The second kappa shape index (κ2) is 5.87. The molecule has 2 aliphatic rings. The fraction of sp³-hybridized carbons (Fsp3) is 0.733. The zero-order chi connectivity index (χ0) is 18.6. The zero-order valence-corrected chi connectivity index (χ0v) is 14.0. The number of anilines is 1. The molecular weight excluding hydrogens is 341 g/mol. The van der Waals surface area contributed by atoms with Crippen LogP contribution >= 0.6 is 0 Å². The molecular formula is C15H21F3N4O3. The average Bonchev–Trinajstić information content (AvgIpc) is 2.90. The first-order chi connectivity index (χ1) is 11.5. The predicted molar refractivity (Wildman–Crippen MR) is 81.6 cm³/mol. The molecule has 10 heteroatoms. The van der Waals surface area contributed by atoms with Gasteiger partial charge in [0.2, 0.25) is 6.35 Å². The number of alkyl halides is 3. The lowest BCUT2D eigenvalue weighted by Crippen LogP contribution is -2.57. The molecule has 0 aromatic carbocycles. The van der Waals surface area contributed by atoms with Crippen LogP contribution in [0.5, 0.6) is 0 Å². The minimum Gasteiger partial charge on any atom is -0.380 e. The third-order valence-corrected chi connectivity index (χ3v) is 5.15. The number of carbonyl (C=O) groups excluding carboxylic acids is 1. The van der Waals surface area contributed by atoms with E-state index in [1.54, 1.807) is 14.1 Å². The molecule has 0 saturated heterocycles. The molecule has 0 radical (unpaired) electrons. The van der Waals surface area contributed by atoms with Gasteiger partial charge in [0.25, 0.3) is 5.91 Å². The van der Waals surface area contributed by atoms with Gasteiger partial charge in [-0.2, -0.15) is 13.2 Å². The Kier molecular flexibility index (Phi) is 4.23. The van der Waals surface area contributed by atoms with Crippen LogP contribution in [0.15, 0.2) is 6.33 Å². The van der Waals surface area contributed by atoms with Crippen LogP contribution in [0.25, 0.3) is 0 Å². The van der Waals surface area contributed by atoms with Crippen molar-refractivity contribution in [2.24, 2.45) is 13.0 Å². The van der Waals surface area contributed by atoms with E-state index in [9.17, 15) is 28.2 Å². The Labute approximate surface area is 142 Å². The molecule has 1 aliphatic heterocycles. The maximum Gasteiger partial charge on any atom is 0.417 e. The van der Waals surface area contributed by atoms with Gasteiger partial charge in [-0.25, -0.2) is 4.98 Å². The van der Waals surface area contributed by atoms with E-state index in [4.69, 9.17) is 0 Å². The first kappa shape index (κ1) is 18.0. The van der Waals surface area contributed by atoms with Crippen molar-refractivity contribution < 1.29 is 28.2 Å². The summed E-state index contributed by atoms with van der Waals surface area (Å²) < 4.78 is 40.8. The summed E-state index contributed by atoms with van der Waals surface area (Å²) >= 11 is 0. The molecule has 1 saturated carbocycles. The van der Waals surface area contributed by atoms with E-state index in [-0.39, 0.29) is 25.1 Å². The number of rotatable bonds is 2. The quantitative estimate of drug-likeness (QED) is 0.823. The Balaban J connectivity index is 1.81. The zero-order valence-electron chi connectivity index (χ0n) is 14.0. The van der Waals surface area contributed by atoms with Gasteiger partial charge in [0, 0.05) is 20.6 Å². The summed E-state index contributed by atoms with van der Waals surface area (Å²) in [5.41, 5.74) is -2.46. The number of amides is 1. The van der Waals surface area contributed by atoms with Crippen molar-refractivity contribution in [3.8, 4) is 0 Å². The van der Waals surface area contributed by atoms with Crippen LogP contribution in [0.1, 0.15) is 36.2 Å². The fourth-order valence-corrected chi connectivity index (χ4v) is 3.72. The molecule has 3 rings (SSSR count). The summed E-state index contributed by atoms with van der Waals surface area (Å²) in [6, 6.07) is 0. The Bertz CT molecular complexity index is 677. The molecule has 1 aliphatic carbocycles. The fourth-order valence-electron chi connectivity index (χ4n) is 3.72. The Hall–Kier alpha value is -1.81. The van der Waals surface area contributed by atoms with Crippen LogP contribution in [-0.2, 0) is 7.05 Å². The summed E-state index contributed by atoms with van der Waals surface area (Å²) in [5.74, 6) is -0.712. The van der Waals surface area contributed by atoms with E-state index >= 15 is 0 Å². The molecule has 2 heterocycles. The Morgan fingerprint density at radius 2 is 2.08 bits per heavy atom. The van der Waals surface area contributed by atoms with Gasteiger partial charge in [0.05, 0.1) is 6.33 Å². The van der Waals surface area contributed by atoms with E-state index in [2.05, 4.69) is 4.98 Å². The maximum atomic E-state index is 13.1. The molecule has 2 unspecified atom stereocenters. The normalized spacial score (nSPS) is 30.6. The number of aryl methyl sites for hydroxylation is 1. The first-order valence-electron chi connectivity index (χ1n) is 8.07. The van der Waals surface area contributed by atoms with Gasteiger partial charge >= 0.3 is 6.18 Å². The molecule has 25 heavy (non-hydrogen) atoms. The minimum atomic E-state index is -4.71. The van der Waals surface area contributed by atoms with Gasteiger partial charge in [-0.3, -0.25) is 9.69 Å². The molecule has 0 spiro atoms. The predicted octanol–water partition coefficient (Wildman–Crippen LogP) is 1.07. The van der Waals surface area contributed by atoms with E-state index in [0.717, 1.165) is 4.90 Å². The molecule has 1 fully saturated rings. The van der Waals surface area contributed by atoms with Crippen LogP contribution in [0.2, 0.25) is 0 Å². The average molecular weight is 362 g/mol. The molecule has 3 atom stereocenters. The summed E-state index contributed by atoms with van der Waals surface area (Å²) in [6.45, 7) is -0.0622. The van der Waals surface area contributed by atoms with Gasteiger partial charge < -0.3 is 19.7 Å². The smallest absolute Gasteiger partial charge is 0.380 e. The van der Waals surface area contributed by atoms with E-state index in [1.165, 1.54) is 15.8 Å². The van der Waals surface area contributed by atoms with Crippen molar-refractivity contribution in [1.82, 2.24) is 14.5 Å². The number of halogens is 3. The second-order valence-corrected chi connectivity index (χ2v) is 6.93. The lowest BCUT2D eigenvalue weighted by atomic mass is 9.77. The number of aliphatic hydroxyl groups is 2. The molecule has 1 aromatic heterocycles. The lowest BCUT2D eigenvalue weighted by molar-refractivity contribution is -0.274. The topological polar surface area (TPSA) is 81.8 Å². The van der Waals surface area contributed by atoms with Crippen molar-refractivity contribution in [3.63, 3.8) is 0 Å². The number of nitrogens with zero attached hydrogens (tertiary/aromatic N) is 4. The van der Waals surface area contributed by atoms with Crippen LogP contribution < -0.4 is 4.90 Å². The highest BCUT2D eigenvalue weighted by atomic mass is 19.4. The molecule has 7 nitrogen and oxygen atoms in total. The van der Waals surface area contributed by atoms with E-state index in [1.807, 2.05) is 0 Å². The maximum absolute atomic E-state index is 13.1. The summed E-state index contributed by atoms with van der Waals surface area (Å²) in [6.07, 6.45) is -4.72. The van der Waals surface area contributed by atoms with Crippen LogP contribution in [0.3, 0.4) is 0 Å². The highest BCUT2D eigenvalue weighted by Crippen LogP contribution is 2.44. The number of carbonyl (C=O) groups is 1. The number of aliphatic hydroxyl groups excluding tert-OH is 1.